The molecule has 0 fully saturated rings. The van der Waals surface area contributed by atoms with E-state index in [4.69, 9.17) is 11.6 Å². The fourth-order valence-corrected chi connectivity index (χ4v) is 4.44. The van der Waals surface area contributed by atoms with Crippen LogP contribution in [0.4, 0.5) is 8.78 Å². The van der Waals surface area contributed by atoms with Gasteiger partial charge in [0, 0.05) is 22.4 Å². The van der Waals surface area contributed by atoms with Crippen molar-refractivity contribution in [3.63, 3.8) is 0 Å². The average Bonchev–Trinajstić information content (AvgIpc) is 2.97. The van der Waals surface area contributed by atoms with Crippen LogP contribution >= 0.6 is 22.9 Å². The topological polar surface area (TPSA) is 34.1 Å². The Morgan fingerprint density at radius 3 is 2.04 bits per heavy atom. The summed E-state index contributed by atoms with van der Waals surface area (Å²) in [5.41, 5.74) is 3.47. The fourth-order valence-electron chi connectivity index (χ4n) is 2.63. The molecule has 0 saturated heterocycles. The van der Waals surface area contributed by atoms with Crippen LogP contribution in [-0.2, 0) is 9.84 Å². The van der Waals surface area contributed by atoms with Gasteiger partial charge in [0.25, 0.3) is 0 Å². The van der Waals surface area contributed by atoms with Crippen LogP contribution < -0.4 is 0 Å². The molecule has 0 aliphatic rings. The van der Waals surface area contributed by atoms with Gasteiger partial charge >= 0.3 is 0 Å². The van der Waals surface area contributed by atoms with Gasteiger partial charge in [-0.05, 0) is 58.6 Å². The van der Waals surface area contributed by atoms with Gasteiger partial charge in [0.2, 0.25) is 0 Å². The number of benzene rings is 2. The van der Waals surface area contributed by atoms with Crippen molar-refractivity contribution in [2.24, 2.45) is 0 Å². The molecule has 2 aromatic carbocycles. The van der Waals surface area contributed by atoms with Crippen LogP contribution in [0, 0.1) is 18.6 Å². The molecule has 0 saturated carbocycles. The van der Waals surface area contributed by atoms with Crippen LogP contribution in [0.3, 0.4) is 0 Å². The zero-order valence-electron chi connectivity index (χ0n) is 13.3. The van der Waals surface area contributed by atoms with Crippen molar-refractivity contribution in [1.29, 1.82) is 0 Å². The highest BCUT2D eigenvalue weighted by Crippen LogP contribution is 2.38. The van der Waals surface area contributed by atoms with Gasteiger partial charge in [0.15, 0.2) is 9.84 Å². The van der Waals surface area contributed by atoms with Crippen molar-refractivity contribution in [2.45, 2.75) is 11.8 Å². The van der Waals surface area contributed by atoms with Gasteiger partial charge in [-0.25, -0.2) is 17.2 Å². The molecule has 0 radical (unpaired) electrons. The first kappa shape index (κ1) is 18.0. The molecule has 130 valence electrons. The lowest BCUT2D eigenvalue weighted by molar-refractivity contribution is 0.522. The highest BCUT2D eigenvalue weighted by atomic mass is 35.5. The van der Waals surface area contributed by atoms with E-state index in [1.54, 1.807) is 11.4 Å². The first-order chi connectivity index (χ1) is 11.7. The molecule has 0 atom stereocenters. The highest BCUT2D eigenvalue weighted by molar-refractivity contribution is 7.90. The Morgan fingerprint density at radius 2 is 1.52 bits per heavy atom. The van der Waals surface area contributed by atoms with Crippen LogP contribution in [0.2, 0.25) is 5.02 Å². The number of aryl methyl sites for hydroxylation is 1. The largest absolute Gasteiger partial charge is 0.224 e. The van der Waals surface area contributed by atoms with E-state index in [1.807, 2.05) is 24.4 Å². The molecule has 0 aliphatic carbocycles. The number of thiophene rings is 1. The van der Waals surface area contributed by atoms with Crippen LogP contribution in [0.5, 0.6) is 0 Å². The smallest absolute Gasteiger partial charge is 0.181 e. The fraction of sp³-hybridized carbons (Fsp3) is 0.111. The molecule has 0 spiro atoms. The highest BCUT2D eigenvalue weighted by Gasteiger charge is 2.22. The number of rotatable bonds is 3. The van der Waals surface area contributed by atoms with Gasteiger partial charge in [0.1, 0.15) is 16.5 Å². The van der Waals surface area contributed by atoms with Crippen LogP contribution in [-0.4, -0.2) is 14.7 Å². The molecule has 2 nitrogen and oxygen atoms in total. The average molecular weight is 399 g/mol. The number of hydrogen-bond donors (Lipinski definition) is 0. The molecule has 25 heavy (non-hydrogen) atoms. The maximum Gasteiger partial charge on any atom is 0.181 e. The van der Waals surface area contributed by atoms with Gasteiger partial charge < -0.3 is 0 Å². The predicted octanol–water partition coefficient (Wildman–Crippen LogP) is 5.73. The van der Waals surface area contributed by atoms with E-state index in [9.17, 15) is 17.2 Å². The van der Waals surface area contributed by atoms with Crippen molar-refractivity contribution in [2.75, 3.05) is 6.26 Å². The molecule has 3 aromatic rings. The molecule has 0 amide bonds. The minimum absolute atomic E-state index is 0.284. The third-order valence-electron chi connectivity index (χ3n) is 3.81. The molecule has 1 aromatic heterocycles. The number of sulfone groups is 1. The molecule has 1 heterocycles. The zero-order chi connectivity index (χ0) is 18.4. The Labute approximate surface area is 153 Å². The Bertz CT molecular complexity index is 1050. The third-order valence-corrected chi connectivity index (χ3v) is 6.11. The summed E-state index contributed by atoms with van der Waals surface area (Å²) in [4.78, 5) is -0.907. The molecule has 0 N–H and O–H groups in total. The van der Waals surface area contributed by atoms with Crippen molar-refractivity contribution in [1.82, 2.24) is 0 Å². The van der Waals surface area contributed by atoms with Gasteiger partial charge in [-0.2, -0.15) is 11.3 Å². The van der Waals surface area contributed by atoms with Crippen LogP contribution in [0.1, 0.15) is 5.56 Å². The first-order valence-corrected chi connectivity index (χ1v) is 10.4. The molecule has 0 aliphatic heterocycles. The summed E-state index contributed by atoms with van der Waals surface area (Å²) in [7, 11) is -3.98. The van der Waals surface area contributed by atoms with Crippen LogP contribution in [0.15, 0.2) is 46.0 Å². The zero-order valence-corrected chi connectivity index (χ0v) is 15.7. The van der Waals surface area contributed by atoms with E-state index in [0.717, 1.165) is 35.1 Å². The van der Waals surface area contributed by atoms with Crippen molar-refractivity contribution >= 4 is 32.8 Å². The van der Waals surface area contributed by atoms with Gasteiger partial charge in [-0.15, -0.1) is 0 Å². The van der Waals surface area contributed by atoms with E-state index < -0.39 is 26.4 Å². The monoisotopic (exact) mass is 398 g/mol. The summed E-state index contributed by atoms with van der Waals surface area (Å²) in [6.07, 6.45) is 0.778. The molecule has 0 bridgehead atoms. The summed E-state index contributed by atoms with van der Waals surface area (Å²) in [5.74, 6) is -2.19. The van der Waals surface area contributed by atoms with Crippen molar-refractivity contribution in [3.8, 4) is 22.3 Å². The van der Waals surface area contributed by atoms with E-state index >= 15 is 0 Å². The quantitative estimate of drug-likeness (QED) is 0.565. The molecule has 7 heteroatoms. The Hall–Kier alpha value is -1.76. The second-order valence-corrected chi connectivity index (χ2v) is 8.81. The normalized spacial score (nSPS) is 11.7. The van der Waals surface area contributed by atoms with Crippen molar-refractivity contribution < 1.29 is 17.2 Å². The Balaban J connectivity index is 2.17. The van der Waals surface area contributed by atoms with E-state index in [2.05, 4.69) is 0 Å². The predicted molar refractivity (Wildman–Crippen MR) is 98.0 cm³/mol. The summed E-state index contributed by atoms with van der Waals surface area (Å²) >= 11 is 7.44. The van der Waals surface area contributed by atoms with Gasteiger partial charge in [-0.3, -0.25) is 0 Å². The maximum atomic E-state index is 14.2. The lowest BCUT2D eigenvalue weighted by atomic mass is 9.98. The minimum atomic E-state index is -3.98. The van der Waals surface area contributed by atoms with Gasteiger partial charge in [-0.1, -0.05) is 17.7 Å². The summed E-state index contributed by atoms with van der Waals surface area (Å²) in [6, 6.07) is 7.59. The second kappa shape index (κ2) is 6.52. The summed E-state index contributed by atoms with van der Waals surface area (Å²) < 4.78 is 51.5. The number of halogens is 3. The van der Waals surface area contributed by atoms with E-state index in [0.29, 0.717) is 10.6 Å². The molecular formula is C18H13ClF2O2S2. The SMILES string of the molecule is Cc1cc(-c2cscc2-c2cc(F)c(S(C)(=O)=O)c(F)c2)ccc1Cl. The van der Waals surface area contributed by atoms with Crippen LogP contribution in [0.25, 0.3) is 22.3 Å². The standard InChI is InChI=1S/C18H13ClF2O2S2/c1-10-5-11(3-4-15(10)19)13-8-24-9-14(13)12-6-16(20)18(17(21)7-12)25(2,22)23/h3-9H,1-2H3. The third kappa shape index (κ3) is 3.47. The van der Waals surface area contributed by atoms with Gasteiger partial charge in [0.05, 0.1) is 0 Å². The van der Waals surface area contributed by atoms with Crippen molar-refractivity contribution in [3.05, 3.63) is 63.3 Å². The molecule has 0 unspecified atom stereocenters. The summed E-state index contributed by atoms with van der Waals surface area (Å²) in [5, 5.41) is 4.28. The lowest BCUT2D eigenvalue weighted by Gasteiger charge is -2.09. The Morgan fingerprint density at radius 1 is 0.960 bits per heavy atom. The lowest BCUT2D eigenvalue weighted by Crippen LogP contribution is -2.04. The van der Waals surface area contributed by atoms with E-state index in [-0.39, 0.29) is 5.56 Å². The minimum Gasteiger partial charge on any atom is -0.224 e. The molecule has 3 rings (SSSR count). The number of hydrogen-bond acceptors (Lipinski definition) is 3. The second-order valence-electron chi connectivity index (χ2n) is 5.70. The maximum absolute atomic E-state index is 14.2. The first-order valence-electron chi connectivity index (χ1n) is 7.20. The van der Waals surface area contributed by atoms with E-state index in [1.165, 1.54) is 11.3 Å². The summed E-state index contributed by atoms with van der Waals surface area (Å²) in [6.45, 7) is 1.87. The Kier molecular flexibility index (Phi) is 4.70. The molecular weight excluding hydrogens is 386 g/mol.